The maximum absolute atomic E-state index is 12.5. The van der Waals surface area contributed by atoms with Crippen molar-refractivity contribution in [2.75, 3.05) is 23.8 Å². The normalized spacial score (nSPS) is 11.0. The van der Waals surface area contributed by atoms with E-state index in [1.807, 2.05) is 24.3 Å². The van der Waals surface area contributed by atoms with Crippen molar-refractivity contribution < 1.29 is 15.0 Å². The highest BCUT2D eigenvalue weighted by atomic mass is 35.5. The van der Waals surface area contributed by atoms with Crippen LogP contribution in [0.1, 0.15) is 9.67 Å². The van der Waals surface area contributed by atoms with E-state index < -0.39 is 0 Å². The minimum absolute atomic E-state index is 0.0533. The number of aliphatic hydroxyl groups excluding tert-OH is 1. The first-order valence-electron chi connectivity index (χ1n) is 8.91. The Bertz CT molecular complexity index is 1170. The number of halogens is 1. The van der Waals surface area contributed by atoms with Crippen molar-refractivity contribution in [3.8, 4) is 11.6 Å². The Labute approximate surface area is 176 Å². The summed E-state index contributed by atoms with van der Waals surface area (Å²) in [6, 6.07) is 16.2. The van der Waals surface area contributed by atoms with Gasteiger partial charge in [0.1, 0.15) is 0 Å². The van der Waals surface area contributed by atoms with Crippen molar-refractivity contribution >= 4 is 51.0 Å². The summed E-state index contributed by atoms with van der Waals surface area (Å²) < 4.78 is 2.21. The molecule has 0 aliphatic heterocycles. The zero-order chi connectivity index (χ0) is 20.4. The molecule has 0 atom stereocenters. The number of nitrogens with zero attached hydrogens (tertiary/aromatic N) is 1. The molecule has 148 valence electrons. The molecule has 0 saturated heterocycles. The Balaban J connectivity index is 1.66. The van der Waals surface area contributed by atoms with Crippen LogP contribution < -0.4 is 10.6 Å². The van der Waals surface area contributed by atoms with E-state index in [0.29, 0.717) is 26.8 Å². The molecule has 2 aromatic carbocycles. The van der Waals surface area contributed by atoms with Gasteiger partial charge in [0.2, 0.25) is 5.88 Å². The summed E-state index contributed by atoms with van der Waals surface area (Å²) in [4.78, 5) is 13.0. The van der Waals surface area contributed by atoms with Gasteiger partial charge in [0, 0.05) is 34.9 Å². The standard InChI is InChI=1S/C21H18ClN3O3S/c22-19-9-8-18(29-19)20(27)24-17-3-1-2-15-16(17)12-25(21(15)28)14-6-4-13(5-7-14)23-10-11-26/h1-9,12,23,26,28H,10-11H2,(H,24,27). The van der Waals surface area contributed by atoms with Crippen molar-refractivity contribution in [1.82, 2.24) is 4.57 Å². The number of carbonyl (C=O) groups excluding carboxylic acids is 1. The first kappa shape index (κ1) is 19.3. The molecule has 0 unspecified atom stereocenters. The molecule has 4 N–H and O–H groups in total. The number of thiophene rings is 1. The van der Waals surface area contributed by atoms with Gasteiger partial charge in [-0.3, -0.25) is 9.36 Å². The molecule has 0 radical (unpaired) electrons. The molecular weight excluding hydrogens is 410 g/mol. The van der Waals surface area contributed by atoms with Crippen LogP contribution in [-0.2, 0) is 0 Å². The van der Waals surface area contributed by atoms with E-state index in [9.17, 15) is 9.90 Å². The average molecular weight is 428 g/mol. The van der Waals surface area contributed by atoms with Crippen LogP contribution in [0.2, 0.25) is 4.34 Å². The predicted octanol–water partition coefficient (Wildman–Crippen LogP) is 4.71. The van der Waals surface area contributed by atoms with Gasteiger partial charge >= 0.3 is 0 Å². The van der Waals surface area contributed by atoms with Gasteiger partial charge in [0.25, 0.3) is 5.91 Å². The Morgan fingerprint density at radius 1 is 1.07 bits per heavy atom. The number of hydrogen-bond acceptors (Lipinski definition) is 5. The van der Waals surface area contributed by atoms with Gasteiger partial charge in [-0.25, -0.2) is 0 Å². The lowest BCUT2D eigenvalue weighted by Gasteiger charge is -2.08. The van der Waals surface area contributed by atoms with E-state index in [1.54, 1.807) is 41.1 Å². The highest BCUT2D eigenvalue weighted by Crippen LogP contribution is 2.35. The number of fused-ring (bicyclic) bond motifs is 1. The molecule has 0 aliphatic carbocycles. The second-order valence-electron chi connectivity index (χ2n) is 6.34. The quantitative estimate of drug-likeness (QED) is 0.359. The summed E-state index contributed by atoms with van der Waals surface area (Å²) >= 11 is 7.13. The predicted molar refractivity (Wildman–Crippen MR) is 118 cm³/mol. The van der Waals surface area contributed by atoms with Crippen molar-refractivity contribution in [2.24, 2.45) is 0 Å². The third kappa shape index (κ3) is 3.93. The number of amides is 1. The van der Waals surface area contributed by atoms with E-state index in [4.69, 9.17) is 16.7 Å². The number of aromatic nitrogens is 1. The molecule has 4 aromatic rings. The summed E-state index contributed by atoms with van der Waals surface area (Å²) in [5, 5.41) is 27.0. The van der Waals surface area contributed by atoms with Gasteiger partial charge in [-0.1, -0.05) is 17.7 Å². The van der Waals surface area contributed by atoms with E-state index in [1.165, 1.54) is 11.3 Å². The highest BCUT2D eigenvalue weighted by Gasteiger charge is 2.15. The maximum Gasteiger partial charge on any atom is 0.265 e. The van der Waals surface area contributed by atoms with Crippen LogP contribution in [0.25, 0.3) is 16.5 Å². The highest BCUT2D eigenvalue weighted by molar-refractivity contribution is 7.18. The van der Waals surface area contributed by atoms with E-state index in [2.05, 4.69) is 10.6 Å². The SMILES string of the molecule is O=C(Nc1cccc2c(O)n(-c3ccc(NCCO)cc3)cc12)c1ccc(Cl)s1. The number of nitrogens with one attached hydrogen (secondary N) is 2. The zero-order valence-electron chi connectivity index (χ0n) is 15.2. The van der Waals surface area contributed by atoms with Crippen LogP contribution >= 0.6 is 22.9 Å². The molecule has 0 spiro atoms. The molecule has 0 bridgehead atoms. The topological polar surface area (TPSA) is 86.5 Å². The van der Waals surface area contributed by atoms with E-state index in [0.717, 1.165) is 16.8 Å². The first-order chi connectivity index (χ1) is 14.1. The lowest BCUT2D eigenvalue weighted by molar-refractivity contribution is 0.103. The third-order valence-corrected chi connectivity index (χ3v) is 5.69. The second-order valence-corrected chi connectivity index (χ2v) is 8.06. The number of anilines is 2. The fraction of sp³-hybridized carbons (Fsp3) is 0.0952. The average Bonchev–Trinajstić information content (AvgIpc) is 3.31. The number of carbonyl (C=O) groups is 1. The number of aliphatic hydroxyl groups is 1. The molecule has 0 saturated carbocycles. The second kappa shape index (κ2) is 8.16. The Morgan fingerprint density at radius 3 is 2.55 bits per heavy atom. The molecule has 0 fully saturated rings. The Hall–Kier alpha value is -3.00. The van der Waals surface area contributed by atoms with Crippen LogP contribution in [0, 0.1) is 0 Å². The molecule has 4 rings (SSSR count). The summed E-state index contributed by atoms with van der Waals surface area (Å²) in [5.41, 5.74) is 2.25. The molecule has 2 heterocycles. The molecule has 0 aliphatic rings. The van der Waals surface area contributed by atoms with Gasteiger partial charge in [-0.15, -0.1) is 11.3 Å². The van der Waals surface area contributed by atoms with E-state index >= 15 is 0 Å². The maximum atomic E-state index is 12.5. The fourth-order valence-corrected chi connectivity index (χ4v) is 4.02. The molecular formula is C21H18ClN3O3S. The first-order valence-corrected chi connectivity index (χ1v) is 10.1. The van der Waals surface area contributed by atoms with Gasteiger partial charge in [0.05, 0.1) is 21.5 Å². The van der Waals surface area contributed by atoms with Gasteiger partial charge in [-0.05, 0) is 48.5 Å². The number of benzene rings is 2. The van der Waals surface area contributed by atoms with Crippen LogP contribution in [0.15, 0.2) is 60.8 Å². The summed E-state index contributed by atoms with van der Waals surface area (Å²) in [6.07, 6.45) is 1.79. The van der Waals surface area contributed by atoms with Crippen LogP contribution in [-0.4, -0.2) is 33.8 Å². The lowest BCUT2D eigenvalue weighted by Crippen LogP contribution is -2.10. The van der Waals surface area contributed by atoms with Crippen molar-refractivity contribution in [3.05, 3.63) is 70.0 Å². The minimum Gasteiger partial charge on any atom is -0.494 e. The van der Waals surface area contributed by atoms with Gasteiger partial charge in [0.15, 0.2) is 0 Å². The molecule has 29 heavy (non-hydrogen) atoms. The monoisotopic (exact) mass is 427 g/mol. The van der Waals surface area contributed by atoms with Gasteiger partial charge < -0.3 is 20.8 Å². The fourth-order valence-electron chi connectivity index (χ4n) is 3.09. The summed E-state index contributed by atoms with van der Waals surface area (Å²) in [7, 11) is 0. The Morgan fingerprint density at radius 2 is 1.86 bits per heavy atom. The largest absolute Gasteiger partial charge is 0.494 e. The van der Waals surface area contributed by atoms with E-state index in [-0.39, 0.29) is 18.4 Å². The minimum atomic E-state index is -0.249. The van der Waals surface area contributed by atoms with Crippen LogP contribution in [0.4, 0.5) is 11.4 Å². The Kier molecular flexibility index (Phi) is 5.44. The zero-order valence-corrected chi connectivity index (χ0v) is 16.8. The number of hydrogen-bond donors (Lipinski definition) is 4. The van der Waals surface area contributed by atoms with Crippen molar-refractivity contribution in [3.63, 3.8) is 0 Å². The molecule has 6 nitrogen and oxygen atoms in total. The number of rotatable bonds is 6. The summed E-state index contributed by atoms with van der Waals surface area (Å²) in [6.45, 7) is 0.522. The van der Waals surface area contributed by atoms with Gasteiger partial charge in [-0.2, -0.15) is 0 Å². The molecule has 8 heteroatoms. The lowest BCUT2D eigenvalue weighted by atomic mass is 10.2. The van der Waals surface area contributed by atoms with Crippen molar-refractivity contribution in [2.45, 2.75) is 0 Å². The molecule has 1 amide bonds. The van der Waals surface area contributed by atoms with Crippen LogP contribution in [0.3, 0.4) is 0 Å². The summed E-state index contributed by atoms with van der Waals surface area (Å²) in [5.74, 6) is -0.160. The number of aromatic hydroxyl groups is 1. The molecule has 2 aromatic heterocycles. The third-order valence-electron chi connectivity index (χ3n) is 4.47. The van der Waals surface area contributed by atoms with Crippen LogP contribution in [0.5, 0.6) is 5.88 Å². The van der Waals surface area contributed by atoms with Crippen molar-refractivity contribution in [1.29, 1.82) is 0 Å². The smallest absolute Gasteiger partial charge is 0.265 e.